The van der Waals surface area contributed by atoms with Gasteiger partial charge in [0.05, 0.1) is 11.9 Å². The van der Waals surface area contributed by atoms with Crippen molar-refractivity contribution < 1.29 is 8.42 Å². The normalized spacial score (nSPS) is 14.3. The molecule has 1 unspecified atom stereocenters. The molecule has 0 amide bonds. The smallest absolute Gasteiger partial charge is 0.209 e. The van der Waals surface area contributed by atoms with Crippen LogP contribution in [0.15, 0.2) is 6.20 Å². The van der Waals surface area contributed by atoms with Crippen molar-refractivity contribution in [3.05, 3.63) is 17.5 Å². The zero-order chi connectivity index (χ0) is 10.9. The van der Waals surface area contributed by atoms with E-state index in [1.54, 1.807) is 11.6 Å². The van der Waals surface area contributed by atoms with Crippen LogP contribution >= 0.6 is 0 Å². The first-order chi connectivity index (χ1) is 6.29. The zero-order valence-corrected chi connectivity index (χ0v) is 9.59. The molecule has 14 heavy (non-hydrogen) atoms. The number of aryl methyl sites for hydroxylation is 2. The SMILES string of the molecule is Cc1nn(C)cc1C(C)NS(C)(=O)=O. The van der Waals surface area contributed by atoms with Crippen molar-refractivity contribution in [2.45, 2.75) is 19.9 Å². The summed E-state index contributed by atoms with van der Waals surface area (Å²) in [5, 5.41) is 4.14. The number of aromatic nitrogens is 2. The van der Waals surface area contributed by atoms with Gasteiger partial charge in [0.2, 0.25) is 10.0 Å². The molecule has 0 radical (unpaired) electrons. The molecule has 1 aromatic rings. The molecular weight excluding hydrogens is 202 g/mol. The molecule has 0 fully saturated rings. The van der Waals surface area contributed by atoms with Crippen molar-refractivity contribution in [3.8, 4) is 0 Å². The second-order valence-electron chi connectivity index (χ2n) is 3.46. The Labute approximate surface area is 84.2 Å². The molecule has 0 aliphatic heterocycles. The average Bonchev–Trinajstić information content (AvgIpc) is 2.26. The van der Waals surface area contributed by atoms with E-state index < -0.39 is 10.0 Å². The highest BCUT2D eigenvalue weighted by molar-refractivity contribution is 7.88. The molecule has 0 saturated heterocycles. The summed E-state index contributed by atoms with van der Waals surface area (Å²) in [5.41, 5.74) is 1.74. The highest BCUT2D eigenvalue weighted by Crippen LogP contribution is 2.15. The first-order valence-corrected chi connectivity index (χ1v) is 6.16. The number of nitrogens with one attached hydrogen (secondary N) is 1. The predicted octanol–water partition coefficient (Wildman–Crippen LogP) is 0.339. The van der Waals surface area contributed by atoms with Crippen LogP contribution in [0.2, 0.25) is 0 Å². The standard InChI is InChI=1S/C8H15N3O2S/c1-6-8(5-11(3)9-6)7(2)10-14(4,12)13/h5,7,10H,1-4H3. The Bertz CT molecular complexity index is 422. The maximum atomic E-state index is 11.0. The summed E-state index contributed by atoms with van der Waals surface area (Å²) >= 11 is 0. The van der Waals surface area contributed by atoms with E-state index in [1.165, 1.54) is 0 Å². The van der Waals surface area contributed by atoms with Crippen LogP contribution in [0.3, 0.4) is 0 Å². The van der Waals surface area contributed by atoms with Crippen molar-refractivity contribution in [3.63, 3.8) is 0 Å². The summed E-state index contributed by atoms with van der Waals surface area (Å²) in [6, 6.07) is -0.237. The van der Waals surface area contributed by atoms with Crippen molar-refractivity contribution in [1.29, 1.82) is 0 Å². The van der Waals surface area contributed by atoms with E-state index in [1.807, 2.05) is 20.2 Å². The largest absolute Gasteiger partial charge is 0.275 e. The van der Waals surface area contributed by atoms with Gasteiger partial charge in [0.15, 0.2) is 0 Å². The maximum Gasteiger partial charge on any atom is 0.209 e. The second-order valence-corrected chi connectivity index (χ2v) is 5.24. The van der Waals surface area contributed by atoms with E-state index in [2.05, 4.69) is 9.82 Å². The Morgan fingerprint density at radius 1 is 1.57 bits per heavy atom. The van der Waals surface area contributed by atoms with Gasteiger partial charge in [-0.3, -0.25) is 4.68 Å². The molecule has 0 aliphatic carbocycles. The van der Waals surface area contributed by atoms with Crippen LogP contribution in [0.5, 0.6) is 0 Å². The average molecular weight is 217 g/mol. The number of rotatable bonds is 3. The first-order valence-electron chi connectivity index (χ1n) is 4.27. The number of hydrogen-bond acceptors (Lipinski definition) is 3. The third-order valence-corrected chi connectivity index (χ3v) is 2.69. The lowest BCUT2D eigenvalue weighted by Crippen LogP contribution is -2.25. The Morgan fingerprint density at radius 3 is 2.50 bits per heavy atom. The molecule has 1 rings (SSSR count). The summed E-state index contributed by atoms with van der Waals surface area (Å²) in [6.45, 7) is 3.65. The van der Waals surface area contributed by atoms with E-state index in [4.69, 9.17) is 0 Å². The van der Waals surface area contributed by atoms with Crippen molar-refractivity contribution >= 4 is 10.0 Å². The van der Waals surface area contributed by atoms with E-state index in [0.717, 1.165) is 17.5 Å². The van der Waals surface area contributed by atoms with Gasteiger partial charge < -0.3 is 0 Å². The summed E-state index contributed by atoms with van der Waals surface area (Å²) in [4.78, 5) is 0. The van der Waals surface area contributed by atoms with Gasteiger partial charge in [-0.2, -0.15) is 5.10 Å². The number of hydrogen-bond donors (Lipinski definition) is 1. The summed E-state index contributed by atoms with van der Waals surface area (Å²) in [6.07, 6.45) is 2.97. The molecule has 80 valence electrons. The van der Waals surface area contributed by atoms with Crippen molar-refractivity contribution in [2.24, 2.45) is 7.05 Å². The highest BCUT2D eigenvalue weighted by atomic mass is 32.2. The molecule has 6 heteroatoms. The first kappa shape index (κ1) is 11.2. The van der Waals surface area contributed by atoms with E-state index in [-0.39, 0.29) is 6.04 Å². The summed E-state index contributed by atoms with van der Waals surface area (Å²) in [7, 11) is -1.36. The van der Waals surface area contributed by atoms with Crippen LogP contribution in [-0.2, 0) is 17.1 Å². The molecule has 1 aromatic heterocycles. The minimum absolute atomic E-state index is 0.237. The summed E-state index contributed by atoms with van der Waals surface area (Å²) < 4.78 is 26.2. The van der Waals surface area contributed by atoms with Gasteiger partial charge in [-0.05, 0) is 13.8 Å². The van der Waals surface area contributed by atoms with Crippen LogP contribution in [-0.4, -0.2) is 24.5 Å². The summed E-state index contributed by atoms with van der Waals surface area (Å²) in [5.74, 6) is 0. The Morgan fingerprint density at radius 2 is 2.14 bits per heavy atom. The Hall–Kier alpha value is -0.880. The van der Waals surface area contributed by atoms with E-state index in [0.29, 0.717) is 0 Å². The zero-order valence-electron chi connectivity index (χ0n) is 8.77. The quantitative estimate of drug-likeness (QED) is 0.794. The molecule has 1 N–H and O–H groups in total. The van der Waals surface area contributed by atoms with Gasteiger partial charge in [0.25, 0.3) is 0 Å². The maximum absolute atomic E-state index is 11.0. The van der Waals surface area contributed by atoms with Crippen LogP contribution in [0, 0.1) is 6.92 Å². The minimum Gasteiger partial charge on any atom is -0.275 e. The number of nitrogens with zero attached hydrogens (tertiary/aromatic N) is 2. The van der Waals surface area contributed by atoms with Crippen molar-refractivity contribution in [1.82, 2.24) is 14.5 Å². The van der Waals surface area contributed by atoms with E-state index >= 15 is 0 Å². The van der Waals surface area contributed by atoms with Gasteiger partial charge in [-0.25, -0.2) is 13.1 Å². The fourth-order valence-corrected chi connectivity index (χ4v) is 2.20. The topological polar surface area (TPSA) is 64.0 Å². The van der Waals surface area contributed by atoms with Crippen LogP contribution in [0.4, 0.5) is 0 Å². The van der Waals surface area contributed by atoms with Gasteiger partial charge >= 0.3 is 0 Å². The molecule has 0 saturated carbocycles. The van der Waals surface area contributed by atoms with Gasteiger partial charge in [0, 0.05) is 24.8 Å². The molecule has 0 aliphatic rings. The van der Waals surface area contributed by atoms with Crippen LogP contribution in [0.25, 0.3) is 0 Å². The molecular formula is C8H15N3O2S. The van der Waals surface area contributed by atoms with E-state index in [9.17, 15) is 8.42 Å². The van der Waals surface area contributed by atoms with Crippen LogP contribution in [0.1, 0.15) is 24.2 Å². The molecule has 0 aromatic carbocycles. The lowest BCUT2D eigenvalue weighted by molar-refractivity contribution is 0.572. The van der Waals surface area contributed by atoms with Gasteiger partial charge in [-0.1, -0.05) is 0 Å². The third-order valence-electron chi connectivity index (χ3n) is 1.91. The lowest BCUT2D eigenvalue weighted by atomic mass is 10.1. The fraction of sp³-hybridized carbons (Fsp3) is 0.625. The Balaban J connectivity index is 2.90. The second kappa shape index (κ2) is 3.70. The molecule has 0 spiro atoms. The molecule has 5 nitrogen and oxygen atoms in total. The monoisotopic (exact) mass is 217 g/mol. The highest BCUT2D eigenvalue weighted by Gasteiger charge is 2.14. The minimum atomic E-state index is -3.17. The Kier molecular flexibility index (Phi) is 2.96. The molecule has 1 heterocycles. The number of sulfonamides is 1. The van der Waals surface area contributed by atoms with Gasteiger partial charge in [-0.15, -0.1) is 0 Å². The molecule has 0 bridgehead atoms. The van der Waals surface area contributed by atoms with Crippen LogP contribution < -0.4 is 4.72 Å². The van der Waals surface area contributed by atoms with Crippen molar-refractivity contribution in [2.75, 3.05) is 6.26 Å². The lowest BCUT2D eigenvalue weighted by Gasteiger charge is -2.10. The fourth-order valence-electron chi connectivity index (χ4n) is 1.43. The van der Waals surface area contributed by atoms with Gasteiger partial charge in [0.1, 0.15) is 0 Å². The molecule has 1 atom stereocenters. The third kappa shape index (κ3) is 2.81. The predicted molar refractivity (Wildman–Crippen MR) is 54.3 cm³/mol.